The maximum atomic E-state index is 13.0. The van der Waals surface area contributed by atoms with Gasteiger partial charge in [0.25, 0.3) is 10.0 Å². The van der Waals surface area contributed by atoms with Gasteiger partial charge in [0.05, 0.1) is 41.9 Å². The van der Waals surface area contributed by atoms with Crippen molar-refractivity contribution in [2.75, 3.05) is 6.61 Å². The van der Waals surface area contributed by atoms with Crippen molar-refractivity contribution in [2.45, 2.75) is 11.8 Å². The zero-order valence-electron chi connectivity index (χ0n) is 44.3. The van der Waals surface area contributed by atoms with Gasteiger partial charge in [-0.3, -0.25) is 0 Å². The first-order chi connectivity index (χ1) is 40.7. The highest BCUT2D eigenvalue weighted by Crippen LogP contribution is 2.38. The molecule has 0 saturated carbocycles. The predicted octanol–water partition coefficient (Wildman–Crippen LogP) is 14.7. The molecule has 83 heavy (non-hydrogen) atoms. The number of nitrogens with one attached hydrogen (secondary N) is 3. The zero-order chi connectivity index (χ0) is 56.7. The van der Waals surface area contributed by atoms with Gasteiger partial charge in [0.2, 0.25) is 0 Å². The van der Waals surface area contributed by atoms with E-state index < -0.39 is 10.0 Å². The van der Waals surface area contributed by atoms with Gasteiger partial charge in [-0.25, -0.2) is 29.7 Å². The third-order valence-corrected chi connectivity index (χ3v) is 15.1. The van der Waals surface area contributed by atoms with Gasteiger partial charge in [-0.05, 0) is 78.2 Å². The second-order valence-corrected chi connectivity index (χ2v) is 20.4. The number of oxazole rings is 2. The van der Waals surface area contributed by atoms with E-state index >= 15 is 0 Å². The number of ether oxygens (including phenoxy) is 2. The van der Waals surface area contributed by atoms with Crippen LogP contribution in [0.4, 0.5) is 0 Å². The maximum Gasteiger partial charge on any atom is 0.338 e. The maximum absolute atomic E-state index is 13.0. The second-order valence-electron chi connectivity index (χ2n) is 18.6. The molecule has 0 atom stereocenters. The molecule has 406 valence electrons. The summed E-state index contributed by atoms with van der Waals surface area (Å²) in [6.07, 6.45) is 22.0. The van der Waals surface area contributed by atoms with Gasteiger partial charge in [0, 0.05) is 97.8 Å². The fourth-order valence-corrected chi connectivity index (χ4v) is 10.7. The molecule has 3 N–H and O–H groups in total. The molecule has 17 nitrogen and oxygen atoms in total. The van der Waals surface area contributed by atoms with E-state index in [4.69, 9.17) is 18.3 Å². The fourth-order valence-electron chi connectivity index (χ4n) is 9.54. The number of fused-ring (bicyclic) bond motifs is 3. The number of carbonyl (C=O) groups is 1. The highest BCUT2D eigenvalue weighted by atomic mass is 32.2. The second kappa shape index (κ2) is 23.2. The normalized spacial score (nSPS) is 11.2. The summed E-state index contributed by atoms with van der Waals surface area (Å²) >= 11 is 0. The molecule has 18 heteroatoms. The number of pyridine rings is 3. The molecule has 0 spiro atoms. The molecule has 0 fully saturated rings. The summed E-state index contributed by atoms with van der Waals surface area (Å²) in [4.78, 5) is 43.4. The van der Waals surface area contributed by atoms with Crippen LogP contribution in [0, 0.1) is 0 Å². The highest BCUT2D eigenvalue weighted by Gasteiger charge is 2.21. The molecular weight excluding hydrogens is 1060 g/mol. The van der Waals surface area contributed by atoms with Crippen LogP contribution < -0.4 is 4.74 Å². The number of rotatable bonds is 13. The van der Waals surface area contributed by atoms with Crippen LogP contribution in [0.5, 0.6) is 11.5 Å². The van der Waals surface area contributed by atoms with Gasteiger partial charge >= 0.3 is 5.97 Å². The Morgan fingerprint density at radius 2 is 1.07 bits per heavy atom. The Labute approximate surface area is 474 Å². The van der Waals surface area contributed by atoms with Gasteiger partial charge in [-0.1, -0.05) is 110 Å². The molecule has 5 aromatic carbocycles. The Bertz CT molecular complexity index is 4690. The quantitative estimate of drug-likeness (QED) is 0.0915. The van der Waals surface area contributed by atoms with Crippen molar-refractivity contribution in [2.24, 2.45) is 0 Å². The van der Waals surface area contributed by atoms with Crippen LogP contribution in [-0.4, -0.2) is 70.1 Å². The van der Waals surface area contributed by atoms with Crippen LogP contribution in [0.25, 0.3) is 106 Å². The SMILES string of the molecule is C=Cc1ccccc1-c1cnc2[nH]cc(-c3cnco3)c2c1.CCOC(=O)c1ccccc1-c1cnc2[nH]cc(-c3cnco3)c2c1.O=S(=O)(c1ccccc1)n1cc(-c2c[nH]c3ncc(-c4ccccc4Oc4ccccc4)cc23)cn1. The number of hydrogen-bond donors (Lipinski definition) is 3. The molecule has 0 aliphatic heterocycles. The molecule has 0 aliphatic rings. The molecule has 14 aromatic rings. The van der Waals surface area contributed by atoms with Crippen LogP contribution in [0.2, 0.25) is 0 Å². The number of esters is 1. The monoisotopic (exact) mass is 1110 g/mol. The molecule has 0 radical (unpaired) electrons. The van der Waals surface area contributed by atoms with Crippen molar-refractivity contribution < 1.29 is 31.5 Å². The van der Waals surface area contributed by atoms with Gasteiger partial charge < -0.3 is 33.3 Å². The van der Waals surface area contributed by atoms with E-state index in [0.29, 0.717) is 34.9 Å². The Balaban J connectivity index is 0.000000128. The third-order valence-electron chi connectivity index (χ3n) is 13.5. The summed E-state index contributed by atoms with van der Waals surface area (Å²) in [5, 5.41) is 6.89. The molecule has 14 rings (SSSR count). The Kier molecular flexibility index (Phi) is 14.7. The molecule has 0 amide bonds. The molecule has 0 saturated heterocycles. The summed E-state index contributed by atoms with van der Waals surface area (Å²) in [6, 6.07) is 47.2. The smallest absolute Gasteiger partial charge is 0.338 e. The number of aromatic nitrogens is 10. The number of benzene rings is 5. The Morgan fingerprint density at radius 1 is 0.566 bits per heavy atom. The zero-order valence-corrected chi connectivity index (χ0v) is 45.1. The van der Waals surface area contributed by atoms with Crippen molar-refractivity contribution in [1.29, 1.82) is 0 Å². The summed E-state index contributed by atoms with van der Waals surface area (Å²) in [6.45, 7) is 6.00. The standard InChI is InChI=1S/C28H20N4O3S.C19H15N3O3.C18H13N3O/c33-36(34,23-11-5-2-6-12-23)32-19-21(17-31-32)26-18-30-28-25(26)15-20(16-29-28)24-13-7-8-14-27(24)35-22-9-3-1-4-10-22;1-2-24-19(23)14-6-4-3-5-13(14)12-7-15-16(17-10-20-11-25-17)9-22-18(15)21-8-12;1-2-12-5-3-4-6-14(12)13-7-15-16(17-10-19-11-22-17)9-21-18(15)20-8-13/h1-19H,(H,29,30);3-11H,2H2,1H3,(H,21,22);2-11H,1H2,(H,20,21). The predicted molar refractivity (Wildman–Crippen MR) is 318 cm³/mol. The van der Waals surface area contributed by atoms with Crippen molar-refractivity contribution in [3.8, 4) is 78.7 Å². The number of aromatic amines is 3. The lowest BCUT2D eigenvalue weighted by molar-refractivity contribution is 0.0527. The van der Waals surface area contributed by atoms with Crippen molar-refractivity contribution in [1.82, 2.24) is 49.1 Å². The van der Waals surface area contributed by atoms with Gasteiger partial charge in [0.15, 0.2) is 24.3 Å². The highest BCUT2D eigenvalue weighted by molar-refractivity contribution is 7.89. The number of hydrogen-bond acceptors (Lipinski definition) is 13. The molecule has 0 bridgehead atoms. The minimum Gasteiger partial charge on any atom is -0.462 e. The minimum absolute atomic E-state index is 0.178. The summed E-state index contributed by atoms with van der Waals surface area (Å²) < 4.78 is 49.0. The topological polar surface area (TPSA) is 226 Å². The first kappa shape index (κ1) is 52.5. The molecule has 0 unspecified atom stereocenters. The molecule has 9 heterocycles. The van der Waals surface area contributed by atoms with Crippen LogP contribution in [0.15, 0.2) is 247 Å². The average Bonchev–Trinajstić information content (AvgIpc) is 4.56. The van der Waals surface area contributed by atoms with Crippen LogP contribution >= 0.6 is 0 Å². The van der Waals surface area contributed by atoms with Crippen molar-refractivity contribution >= 4 is 55.2 Å². The van der Waals surface area contributed by atoms with E-state index in [1.807, 2.05) is 134 Å². The lowest BCUT2D eigenvalue weighted by Crippen LogP contribution is -2.13. The van der Waals surface area contributed by atoms with Crippen LogP contribution in [0.1, 0.15) is 22.8 Å². The first-order valence-corrected chi connectivity index (χ1v) is 27.5. The number of H-pyrrole nitrogens is 3. The summed E-state index contributed by atoms with van der Waals surface area (Å²) in [5.74, 6) is 2.49. The third kappa shape index (κ3) is 10.8. The van der Waals surface area contributed by atoms with Crippen molar-refractivity contribution in [3.63, 3.8) is 0 Å². The van der Waals surface area contributed by atoms with E-state index in [9.17, 15) is 13.2 Å². The van der Waals surface area contributed by atoms with E-state index in [2.05, 4.69) is 63.7 Å². The van der Waals surface area contributed by atoms with Crippen molar-refractivity contribution in [3.05, 3.63) is 244 Å². The van der Waals surface area contributed by atoms with E-state index in [0.717, 1.165) is 98.7 Å². The van der Waals surface area contributed by atoms with Gasteiger partial charge in [-0.2, -0.15) is 17.6 Å². The lowest BCUT2D eigenvalue weighted by atomic mass is 10.00. The van der Waals surface area contributed by atoms with E-state index in [1.54, 1.807) is 74.3 Å². The van der Waals surface area contributed by atoms with Crippen LogP contribution in [-0.2, 0) is 14.8 Å². The summed E-state index contributed by atoms with van der Waals surface area (Å²) in [5.41, 5.74) is 12.7. The van der Waals surface area contributed by atoms with Crippen LogP contribution in [0.3, 0.4) is 0 Å². The lowest BCUT2D eigenvalue weighted by Gasteiger charge is -2.11. The molecule has 9 aromatic heterocycles. The van der Waals surface area contributed by atoms with Gasteiger partial charge in [0.1, 0.15) is 28.4 Å². The first-order valence-electron chi connectivity index (χ1n) is 26.1. The number of para-hydroxylation sites is 2. The molecule has 0 aliphatic carbocycles. The fraction of sp³-hybridized carbons (Fsp3) is 0.0308. The largest absolute Gasteiger partial charge is 0.462 e. The van der Waals surface area contributed by atoms with Gasteiger partial charge in [-0.15, -0.1) is 0 Å². The molecular formula is C65H48N10O7S. The number of carbonyl (C=O) groups excluding carboxylic acids is 1. The Hall–Kier alpha value is -11.2. The Morgan fingerprint density at radius 3 is 1.66 bits per heavy atom. The van der Waals surface area contributed by atoms with E-state index in [-0.39, 0.29) is 10.9 Å². The average molecular weight is 1110 g/mol. The summed E-state index contributed by atoms with van der Waals surface area (Å²) in [7, 11) is -3.79. The minimum atomic E-state index is -3.79. The van der Waals surface area contributed by atoms with E-state index in [1.165, 1.54) is 19.0 Å². The number of nitrogens with zero attached hydrogens (tertiary/aromatic N) is 7.